The molecular weight excluding hydrogens is 554 g/mol. The molecule has 2 heterocycles. The lowest BCUT2D eigenvalue weighted by Gasteiger charge is -2.33. The second kappa shape index (κ2) is 15.6. The van der Waals surface area contributed by atoms with Crippen LogP contribution in [0.25, 0.3) is 0 Å². The first-order chi connectivity index (χ1) is 18.1. The fourth-order valence-electron chi connectivity index (χ4n) is 4.69. The van der Waals surface area contributed by atoms with Gasteiger partial charge in [-0.05, 0) is 38.5 Å². The van der Waals surface area contributed by atoms with Gasteiger partial charge in [0.1, 0.15) is 6.04 Å². The minimum absolute atomic E-state index is 0. The van der Waals surface area contributed by atoms with E-state index in [1.165, 1.54) is 9.21 Å². The number of hydrogen-bond donors (Lipinski definition) is 4. The summed E-state index contributed by atoms with van der Waals surface area (Å²) in [6.45, 7) is 4.35. The van der Waals surface area contributed by atoms with Crippen molar-refractivity contribution >= 4 is 46.4 Å². The Hall–Kier alpha value is -2.20. The van der Waals surface area contributed by atoms with Crippen LogP contribution in [0.1, 0.15) is 45.4 Å². The van der Waals surface area contributed by atoms with Gasteiger partial charge in [0.2, 0.25) is 11.8 Å². The highest BCUT2D eigenvalue weighted by Crippen LogP contribution is 2.28. The van der Waals surface area contributed by atoms with Crippen LogP contribution in [0, 0.1) is 11.3 Å². The first-order valence-electron chi connectivity index (χ1n) is 13.3. The summed E-state index contributed by atoms with van der Waals surface area (Å²) in [6, 6.07) is -1.43. The van der Waals surface area contributed by atoms with Gasteiger partial charge in [-0.3, -0.25) is 19.8 Å². The topological polar surface area (TPSA) is 187 Å². The highest BCUT2D eigenvalue weighted by Gasteiger charge is 2.39. The molecule has 0 unspecified atom stereocenters. The molecule has 3 fully saturated rings. The first kappa shape index (κ1) is 33.0. The van der Waals surface area contributed by atoms with E-state index >= 15 is 0 Å². The lowest BCUT2D eigenvalue weighted by Crippen LogP contribution is -2.56. The van der Waals surface area contributed by atoms with Crippen molar-refractivity contribution in [3.8, 4) is 0 Å². The number of esters is 1. The molecule has 2 saturated heterocycles. The number of morpholine rings is 1. The largest absolute Gasteiger partial charge is 0.466 e. The van der Waals surface area contributed by atoms with Gasteiger partial charge in [0, 0.05) is 45.3 Å². The second-order valence-corrected chi connectivity index (χ2v) is 11.6. The van der Waals surface area contributed by atoms with Crippen molar-refractivity contribution in [1.82, 2.24) is 24.1 Å². The van der Waals surface area contributed by atoms with Crippen LogP contribution in [0.2, 0.25) is 0 Å². The Bertz CT molecular complexity index is 960. The zero-order valence-electron chi connectivity index (χ0n) is 22.4. The number of hydrogen-bond acceptors (Lipinski definition) is 8. The van der Waals surface area contributed by atoms with E-state index < -0.39 is 34.0 Å². The molecule has 2 aliphatic heterocycles. The molecule has 3 aliphatic rings. The predicted molar refractivity (Wildman–Crippen MR) is 145 cm³/mol. The van der Waals surface area contributed by atoms with E-state index in [9.17, 15) is 22.8 Å². The summed E-state index contributed by atoms with van der Waals surface area (Å²) in [5.41, 5.74) is 5.60. The van der Waals surface area contributed by atoms with E-state index in [1.54, 1.807) is 11.8 Å². The Labute approximate surface area is 236 Å². The maximum atomic E-state index is 13.6. The van der Waals surface area contributed by atoms with Crippen molar-refractivity contribution in [2.75, 3.05) is 59.1 Å². The lowest BCUT2D eigenvalue weighted by atomic mass is 9.98. The zero-order chi connectivity index (χ0) is 27.7. The number of carbonyl (C=O) groups excluding carboxylic acids is 3. The summed E-state index contributed by atoms with van der Waals surface area (Å²) < 4.78 is 40.0. The van der Waals surface area contributed by atoms with Gasteiger partial charge in [-0.25, -0.2) is 0 Å². The molecule has 1 aliphatic carbocycles. The number of ether oxygens (including phenoxy) is 2. The molecule has 0 radical (unpaired) electrons. The molecule has 2 atom stereocenters. The minimum atomic E-state index is -4.06. The molecule has 2 amide bonds. The molecule has 14 nitrogen and oxygen atoms in total. The molecule has 16 heteroatoms. The average Bonchev–Trinajstić information content (AvgIpc) is 3.73. The number of nitrogens with one attached hydrogen (secondary N) is 3. The van der Waals surface area contributed by atoms with E-state index in [-0.39, 0.29) is 82.6 Å². The van der Waals surface area contributed by atoms with Crippen molar-refractivity contribution < 1.29 is 32.3 Å². The Morgan fingerprint density at radius 2 is 1.87 bits per heavy atom. The number of carbonyl (C=O) groups is 3. The fourth-order valence-corrected chi connectivity index (χ4v) is 6.01. The molecule has 5 N–H and O–H groups in total. The highest BCUT2D eigenvalue weighted by atomic mass is 35.5. The SMILES string of the molecule is CCOC(=O)CCN(C(=O)[C@H](CC(=O)NC[C@@H]1CCCN(C(=N)N)C1)NS(=O)(=O)N1CCOCC1)C1CC1.Cl. The molecule has 0 spiro atoms. The summed E-state index contributed by atoms with van der Waals surface area (Å²) in [5, 5.41) is 10.5. The lowest BCUT2D eigenvalue weighted by molar-refractivity contribution is -0.144. The van der Waals surface area contributed by atoms with E-state index in [4.69, 9.17) is 20.6 Å². The quantitative estimate of drug-likeness (QED) is 0.118. The van der Waals surface area contributed by atoms with Crippen LogP contribution in [-0.4, -0.2) is 117 Å². The Morgan fingerprint density at radius 3 is 2.49 bits per heavy atom. The standard InChI is InChI=1S/C23H41N7O7S.ClH/c1-2-37-21(32)7-9-30(18-5-6-18)22(33)19(27-38(34,35)29-10-12-36-13-11-29)14-20(31)26-15-17-4-3-8-28(16-17)23(24)25;/h17-19,27H,2-16H2,1H3,(H3,24,25)(H,26,31);1H/t17-,19-;/m0./s1. The van der Waals surface area contributed by atoms with Crippen molar-refractivity contribution in [1.29, 1.82) is 5.41 Å². The van der Waals surface area contributed by atoms with Crippen LogP contribution >= 0.6 is 12.4 Å². The maximum absolute atomic E-state index is 13.6. The summed E-state index contributed by atoms with van der Waals surface area (Å²) in [6.07, 6.45) is 2.81. The van der Waals surface area contributed by atoms with Gasteiger partial charge < -0.3 is 30.3 Å². The molecule has 39 heavy (non-hydrogen) atoms. The zero-order valence-corrected chi connectivity index (χ0v) is 24.1. The average molecular weight is 596 g/mol. The van der Waals surface area contributed by atoms with E-state index in [0.717, 1.165) is 25.7 Å². The Balaban J connectivity index is 0.00000533. The highest BCUT2D eigenvalue weighted by molar-refractivity contribution is 7.87. The molecule has 224 valence electrons. The molecule has 0 bridgehead atoms. The number of nitrogens with two attached hydrogens (primary N) is 1. The number of halogens is 1. The van der Waals surface area contributed by atoms with Crippen LogP contribution in [0.5, 0.6) is 0 Å². The third-order valence-electron chi connectivity index (χ3n) is 6.87. The number of rotatable bonds is 13. The van der Waals surface area contributed by atoms with E-state index in [2.05, 4.69) is 10.0 Å². The van der Waals surface area contributed by atoms with Crippen LogP contribution < -0.4 is 15.8 Å². The number of likely N-dealkylation sites (tertiary alicyclic amines) is 1. The van der Waals surface area contributed by atoms with Crippen molar-refractivity contribution in [3.05, 3.63) is 0 Å². The van der Waals surface area contributed by atoms with Crippen LogP contribution in [-0.2, 0) is 34.1 Å². The van der Waals surface area contributed by atoms with Crippen LogP contribution in [0.3, 0.4) is 0 Å². The molecule has 0 aromatic heterocycles. The van der Waals surface area contributed by atoms with Gasteiger partial charge >= 0.3 is 5.97 Å². The van der Waals surface area contributed by atoms with E-state index in [0.29, 0.717) is 19.6 Å². The molecule has 3 rings (SSSR count). The van der Waals surface area contributed by atoms with Crippen molar-refractivity contribution in [3.63, 3.8) is 0 Å². The summed E-state index contributed by atoms with van der Waals surface area (Å²) >= 11 is 0. The normalized spacial score (nSPS) is 20.8. The number of nitrogens with zero attached hydrogens (tertiary/aromatic N) is 3. The van der Waals surface area contributed by atoms with Gasteiger partial charge in [-0.15, -0.1) is 12.4 Å². The summed E-state index contributed by atoms with van der Waals surface area (Å²) in [7, 11) is -4.06. The molecule has 0 aromatic rings. The Morgan fingerprint density at radius 1 is 1.18 bits per heavy atom. The number of piperidine rings is 1. The van der Waals surface area contributed by atoms with Crippen LogP contribution in [0.4, 0.5) is 0 Å². The third-order valence-corrected chi connectivity index (χ3v) is 8.50. The Kier molecular flexibility index (Phi) is 13.2. The summed E-state index contributed by atoms with van der Waals surface area (Å²) in [5.74, 6) is -1.37. The third kappa shape index (κ3) is 10.4. The molecule has 1 saturated carbocycles. The number of guanidine groups is 1. The van der Waals surface area contributed by atoms with Gasteiger partial charge in [-0.1, -0.05) is 0 Å². The molecule has 0 aromatic carbocycles. The smallest absolute Gasteiger partial charge is 0.307 e. The maximum Gasteiger partial charge on any atom is 0.307 e. The predicted octanol–water partition coefficient (Wildman–Crippen LogP) is -1.00. The van der Waals surface area contributed by atoms with Gasteiger partial charge in [0.15, 0.2) is 5.96 Å². The monoisotopic (exact) mass is 595 g/mol. The van der Waals surface area contributed by atoms with Gasteiger partial charge in [0.05, 0.1) is 32.7 Å². The van der Waals surface area contributed by atoms with Crippen molar-refractivity contribution in [2.24, 2.45) is 11.7 Å². The van der Waals surface area contributed by atoms with Crippen molar-refractivity contribution in [2.45, 2.75) is 57.5 Å². The summed E-state index contributed by atoms with van der Waals surface area (Å²) in [4.78, 5) is 41.7. The van der Waals surface area contributed by atoms with Gasteiger partial charge in [0.25, 0.3) is 10.2 Å². The number of amides is 2. The fraction of sp³-hybridized carbons (Fsp3) is 0.826. The van der Waals surface area contributed by atoms with Crippen LogP contribution in [0.15, 0.2) is 0 Å². The second-order valence-electron chi connectivity index (χ2n) is 9.85. The molecular formula is C23H42ClN7O7S. The van der Waals surface area contributed by atoms with E-state index in [1.807, 2.05) is 0 Å². The first-order valence-corrected chi connectivity index (χ1v) is 14.7. The van der Waals surface area contributed by atoms with Gasteiger partial charge in [-0.2, -0.15) is 17.4 Å². The minimum Gasteiger partial charge on any atom is -0.466 e.